The Morgan fingerprint density at radius 2 is 2.00 bits per heavy atom. The molecule has 2 aliphatic heterocycles. The molecular formula is C22H26N4O3S2. The van der Waals surface area contributed by atoms with E-state index in [1.807, 2.05) is 39.8 Å². The summed E-state index contributed by atoms with van der Waals surface area (Å²) in [7, 11) is 0. The number of hydrogen-bond acceptors (Lipinski definition) is 7. The third kappa shape index (κ3) is 4.14. The molecule has 7 nitrogen and oxygen atoms in total. The van der Waals surface area contributed by atoms with Crippen LogP contribution in [0.4, 0.5) is 5.82 Å². The number of ether oxygens (including phenoxy) is 1. The number of fused-ring (bicyclic) bond motifs is 1. The highest BCUT2D eigenvalue weighted by Gasteiger charge is 2.35. The number of rotatable bonds is 4. The van der Waals surface area contributed by atoms with E-state index >= 15 is 0 Å². The van der Waals surface area contributed by atoms with E-state index in [0.29, 0.717) is 39.3 Å². The third-order valence-corrected chi connectivity index (χ3v) is 6.93. The van der Waals surface area contributed by atoms with Crippen LogP contribution >= 0.6 is 24.0 Å². The van der Waals surface area contributed by atoms with Crippen molar-refractivity contribution >= 4 is 51.7 Å². The van der Waals surface area contributed by atoms with Crippen molar-refractivity contribution < 1.29 is 9.53 Å². The number of carbonyl (C=O) groups excluding carboxylic acids is 1. The number of carbonyl (C=O) groups is 1. The van der Waals surface area contributed by atoms with E-state index in [-0.39, 0.29) is 29.7 Å². The SMILES string of the molecule is CCC(C)N1C(=O)C(=Cc2c(N3CC(C)OC(C)C3)nc3ccccn3c2=O)SC1=S. The maximum Gasteiger partial charge on any atom is 0.267 e. The Balaban J connectivity index is 1.86. The molecule has 4 heterocycles. The maximum atomic E-state index is 13.5. The quantitative estimate of drug-likeness (QED) is 0.514. The van der Waals surface area contributed by atoms with Gasteiger partial charge in [-0.1, -0.05) is 37.0 Å². The van der Waals surface area contributed by atoms with Crippen LogP contribution in [0.2, 0.25) is 0 Å². The molecule has 2 aromatic rings. The van der Waals surface area contributed by atoms with Crippen LogP contribution in [0.5, 0.6) is 0 Å². The molecule has 31 heavy (non-hydrogen) atoms. The Morgan fingerprint density at radius 1 is 1.29 bits per heavy atom. The lowest BCUT2D eigenvalue weighted by Crippen LogP contribution is -2.46. The molecule has 0 N–H and O–H groups in total. The highest BCUT2D eigenvalue weighted by Crippen LogP contribution is 2.35. The average Bonchev–Trinajstić information content (AvgIpc) is 3.01. The average molecular weight is 459 g/mol. The fraction of sp³-hybridized carbons (Fsp3) is 0.455. The van der Waals surface area contributed by atoms with E-state index in [9.17, 15) is 9.59 Å². The van der Waals surface area contributed by atoms with Gasteiger partial charge < -0.3 is 9.64 Å². The minimum absolute atomic E-state index is 0.00892. The van der Waals surface area contributed by atoms with E-state index in [1.54, 1.807) is 23.2 Å². The van der Waals surface area contributed by atoms with Crippen LogP contribution in [0.15, 0.2) is 34.1 Å². The summed E-state index contributed by atoms with van der Waals surface area (Å²) in [4.78, 5) is 35.5. The zero-order chi connectivity index (χ0) is 22.3. The topological polar surface area (TPSA) is 67.2 Å². The zero-order valence-corrected chi connectivity index (χ0v) is 19.7. The molecule has 0 bridgehead atoms. The number of aromatic nitrogens is 2. The van der Waals surface area contributed by atoms with Crippen molar-refractivity contribution in [1.82, 2.24) is 14.3 Å². The number of hydrogen-bond donors (Lipinski definition) is 0. The Labute approximate surface area is 191 Å². The standard InChI is InChI=1S/C22H26N4O3S2/c1-5-13(2)26-21(28)17(31-22(26)30)10-16-19(24-11-14(3)29-15(4)12-24)23-18-8-6-7-9-25(18)20(16)27/h6-10,13-15H,5,11-12H2,1-4H3. The molecule has 164 valence electrons. The lowest BCUT2D eigenvalue weighted by Gasteiger charge is -2.36. The van der Waals surface area contributed by atoms with Gasteiger partial charge in [0.25, 0.3) is 11.5 Å². The van der Waals surface area contributed by atoms with Gasteiger partial charge >= 0.3 is 0 Å². The number of nitrogens with zero attached hydrogens (tertiary/aromatic N) is 4. The second-order valence-electron chi connectivity index (χ2n) is 8.05. The first kappa shape index (κ1) is 22.0. The molecule has 2 aromatic heterocycles. The maximum absolute atomic E-state index is 13.5. The van der Waals surface area contributed by atoms with E-state index in [1.165, 1.54) is 16.2 Å². The Morgan fingerprint density at radius 3 is 2.68 bits per heavy atom. The van der Waals surface area contributed by atoms with Gasteiger partial charge in [0.2, 0.25) is 0 Å². The first-order chi connectivity index (χ1) is 14.8. The number of amides is 1. The number of pyridine rings is 1. The highest BCUT2D eigenvalue weighted by molar-refractivity contribution is 8.26. The monoisotopic (exact) mass is 458 g/mol. The van der Waals surface area contributed by atoms with Gasteiger partial charge in [-0.15, -0.1) is 0 Å². The summed E-state index contributed by atoms with van der Waals surface area (Å²) in [5, 5.41) is 0. The summed E-state index contributed by atoms with van der Waals surface area (Å²) >= 11 is 6.69. The van der Waals surface area contributed by atoms with Crippen LogP contribution < -0.4 is 10.5 Å². The van der Waals surface area contributed by atoms with Gasteiger partial charge in [0.05, 0.1) is 22.7 Å². The zero-order valence-electron chi connectivity index (χ0n) is 18.1. The second-order valence-corrected chi connectivity index (χ2v) is 9.73. The van der Waals surface area contributed by atoms with E-state index in [4.69, 9.17) is 21.9 Å². The van der Waals surface area contributed by atoms with Gasteiger partial charge in [0.1, 0.15) is 15.8 Å². The molecule has 2 saturated heterocycles. The lowest BCUT2D eigenvalue weighted by molar-refractivity contribution is -0.123. The highest BCUT2D eigenvalue weighted by atomic mass is 32.2. The number of morpholine rings is 1. The van der Waals surface area contributed by atoms with Crippen molar-refractivity contribution in [1.29, 1.82) is 0 Å². The fourth-order valence-electron chi connectivity index (χ4n) is 3.98. The van der Waals surface area contributed by atoms with Crippen LogP contribution in [-0.2, 0) is 9.53 Å². The number of thiocarbonyl (C=S) groups is 1. The molecule has 0 radical (unpaired) electrons. The molecule has 0 aliphatic carbocycles. The van der Waals surface area contributed by atoms with Crippen LogP contribution in [0.25, 0.3) is 11.7 Å². The van der Waals surface area contributed by atoms with Gasteiger partial charge in [-0.2, -0.15) is 0 Å². The molecule has 0 spiro atoms. The summed E-state index contributed by atoms with van der Waals surface area (Å²) in [5.41, 5.74) is 0.759. The van der Waals surface area contributed by atoms with E-state index in [2.05, 4.69) is 4.90 Å². The van der Waals surface area contributed by atoms with Crippen LogP contribution in [0.1, 0.15) is 39.7 Å². The molecule has 1 amide bonds. The van der Waals surface area contributed by atoms with Crippen molar-refractivity contribution in [3.05, 3.63) is 45.2 Å². The minimum Gasteiger partial charge on any atom is -0.372 e. The molecule has 2 fully saturated rings. The number of thioether (sulfide) groups is 1. The van der Waals surface area contributed by atoms with Gasteiger partial charge in [-0.3, -0.25) is 18.9 Å². The molecule has 3 unspecified atom stereocenters. The molecule has 2 aliphatic rings. The van der Waals surface area contributed by atoms with E-state index in [0.717, 1.165) is 6.42 Å². The van der Waals surface area contributed by atoms with Crippen molar-refractivity contribution in [2.75, 3.05) is 18.0 Å². The van der Waals surface area contributed by atoms with Crippen LogP contribution in [0, 0.1) is 0 Å². The Bertz CT molecular complexity index is 1120. The third-order valence-electron chi connectivity index (χ3n) is 5.60. The van der Waals surface area contributed by atoms with Crippen molar-refractivity contribution in [2.45, 2.75) is 52.4 Å². The normalized spacial score (nSPS) is 24.5. The predicted octanol–water partition coefficient (Wildman–Crippen LogP) is 3.31. The largest absolute Gasteiger partial charge is 0.372 e. The van der Waals surface area contributed by atoms with Crippen molar-refractivity contribution in [3.8, 4) is 0 Å². The first-order valence-electron chi connectivity index (χ1n) is 10.5. The summed E-state index contributed by atoms with van der Waals surface area (Å²) < 4.78 is 7.90. The first-order valence-corrected chi connectivity index (χ1v) is 11.7. The van der Waals surface area contributed by atoms with Crippen molar-refractivity contribution in [2.24, 2.45) is 0 Å². The van der Waals surface area contributed by atoms with Gasteiger partial charge in [0, 0.05) is 25.3 Å². The van der Waals surface area contributed by atoms with Gasteiger partial charge in [-0.05, 0) is 45.4 Å². The van der Waals surface area contributed by atoms with Gasteiger partial charge in [-0.25, -0.2) is 4.98 Å². The molecule has 0 aromatic carbocycles. The lowest BCUT2D eigenvalue weighted by atomic mass is 10.1. The summed E-state index contributed by atoms with van der Waals surface area (Å²) in [6.45, 7) is 9.25. The Hall–Kier alpha value is -2.23. The molecule has 0 saturated carbocycles. The van der Waals surface area contributed by atoms with Crippen LogP contribution in [-0.4, -0.2) is 55.9 Å². The van der Waals surface area contributed by atoms with Crippen LogP contribution in [0.3, 0.4) is 0 Å². The Kier molecular flexibility index (Phi) is 6.18. The molecular weight excluding hydrogens is 432 g/mol. The summed E-state index contributed by atoms with van der Waals surface area (Å²) in [6, 6.07) is 5.47. The van der Waals surface area contributed by atoms with E-state index < -0.39 is 0 Å². The van der Waals surface area contributed by atoms with Crippen molar-refractivity contribution in [3.63, 3.8) is 0 Å². The smallest absolute Gasteiger partial charge is 0.267 e. The number of anilines is 1. The molecule has 9 heteroatoms. The molecule has 4 rings (SSSR count). The fourth-order valence-corrected chi connectivity index (χ4v) is 5.43. The predicted molar refractivity (Wildman–Crippen MR) is 128 cm³/mol. The van der Waals surface area contributed by atoms with Gasteiger partial charge in [0.15, 0.2) is 0 Å². The summed E-state index contributed by atoms with van der Waals surface area (Å²) in [6.07, 6.45) is 4.18. The second kappa shape index (κ2) is 8.72. The molecule has 3 atom stereocenters. The minimum atomic E-state index is -0.207. The summed E-state index contributed by atoms with van der Waals surface area (Å²) in [5.74, 6) is 0.420.